The molecule has 7 rings (SSSR count). The normalized spacial score (nSPS) is 14.4. The Morgan fingerprint density at radius 3 is 1.28 bits per heavy atom. The summed E-state index contributed by atoms with van der Waals surface area (Å²) in [5, 5.41) is 51.9. The van der Waals surface area contributed by atoms with Crippen LogP contribution >= 0.6 is 0 Å². The maximum absolute atomic E-state index is 17.5. The van der Waals surface area contributed by atoms with Crippen LogP contribution < -0.4 is 0 Å². The smallest absolute Gasteiger partial charge is 0.239 e. The second-order valence-electron chi connectivity index (χ2n) is 13.7. The summed E-state index contributed by atoms with van der Waals surface area (Å²) < 4.78 is 119. The molecule has 0 radical (unpaired) electrons. The summed E-state index contributed by atoms with van der Waals surface area (Å²) in [6.45, 7) is 23.4. The number of nitrogens with zero attached hydrogens (tertiary/aromatic N) is 8. The molecule has 0 aromatic heterocycles. The van der Waals surface area contributed by atoms with Crippen molar-refractivity contribution in [3.05, 3.63) is 186 Å². The van der Waals surface area contributed by atoms with Gasteiger partial charge in [0.05, 0.1) is 70.8 Å². The standard InChI is InChI=1S/C48H14F8N8/c1-62-31-15-28(16-32(17-31)63-2)34(21-60)40-42-37(26-6-10-30(11-7-26)48(54,55)56)41-38(36(43(42)46(64-3)45(40)50)25-4-8-29(9-5-25)47(51,52)53)35(22-61)44(49)39(41)33(20-59)27-13-23(18-57)12-24(14-27)19-58/h4-17H/b39-33-,40-34-. The van der Waals surface area contributed by atoms with E-state index >= 15 is 8.78 Å². The van der Waals surface area contributed by atoms with Gasteiger partial charge in [0, 0.05) is 27.8 Å². The Morgan fingerprint density at radius 2 is 0.891 bits per heavy atom. The second-order valence-corrected chi connectivity index (χ2v) is 13.7. The van der Waals surface area contributed by atoms with Crippen LogP contribution in [0.5, 0.6) is 0 Å². The van der Waals surface area contributed by atoms with Crippen LogP contribution in [0.1, 0.15) is 55.6 Å². The van der Waals surface area contributed by atoms with E-state index in [1.807, 2.05) is 12.1 Å². The number of nitriles is 5. The molecule has 8 nitrogen and oxygen atoms in total. The van der Waals surface area contributed by atoms with Gasteiger partial charge in [-0.3, -0.25) is 0 Å². The molecule has 0 heterocycles. The van der Waals surface area contributed by atoms with Gasteiger partial charge in [-0.15, -0.1) is 0 Å². The molecule has 0 saturated heterocycles. The van der Waals surface area contributed by atoms with Crippen LogP contribution in [0.15, 0.2) is 96.6 Å². The lowest BCUT2D eigenvalue weighted by Crippen LogP contribution is -2.07. The van der Waals surface area contributed by atoms with Crippen molar-refractivity contribution >= 4 is 44.9 Å². The largest absolute Gasteiger partial charge is 0.416 e. The molecule has 64 heavy (non-hydrogen) atoms. The van der Waals surface area contributed by atoms with E-state index in [2.05, 4.69) is 14.5 Å². The van der Waals surface area contributed by atoms with Crippen LogP contribution in [0.2, 0.25) is 0 Å². The molecule has 0 amide bonds. The third kappa shape index (κ3) is 6.83. The number of hydrogen-bond donors (Lipinski definition) is 0. The van der Waals surface area contributed by atoms with Gasteiger partial charge in [-0.1, -0.05) is 42.5 Å². The van der Waals surface area contributed by atoms with Crippen LogP contribution in [-0.4, -0.2) is 0 Å². The van der Waals surface area contributed by atoms with Gasteiger partial charge in [0.1, 0.15) is 24.0 Å². The Hall–Kier alpha value is -9.58. The SMILES string of the molecule is [C-]#[N+]C1=C(F)/C(=C(/C#N)c2cc([N+]#[C-])cc([N+]#[C-])c2)c2c1c(-c1ccc(C(F)(F)F)cc1)c1c(c2-c2ccc(C(F)(F)F)cc2)/C(=C(\C#N)c2cc(C#N)cc(C#N)c2)C(F)=C1C#N. The first kappa shape index (κ1) is 42.5. The van der Waals surface area contributed by atoms with Crippen LogP contribution in [0, 0.1) is 76.4 Å². The molecular formula is C48H14F8N8. The fraction of sp³-hybridized carbons (Fsp3) is 0.0417. The minimum atomic E-state index is -4.92. The minimum Gasteiger partial charge on any atom is -0.239 e. The average molecular weight is 855 g/mol. The van der Waals surface area contributed by atoms with Crippen LogP contribution in [0.4, 0.5) is 46.5 Å². The van der Waals surface area contributed by atoms with E-state index in [9.17, 15) is 52.7 Å². The van der Waals surface area contributed by atoms with Crippen molar-refractivity contribution in [2.75, 3.05) is 0 Å². The number of halogens is 8. The van der Waals surface area contributed by atoms with Gasteiger partial charge in [0.25, 0.3) is 0 Å². The average Bonchev–Trinajstić information content (AvgIpc) is 3.73. The summed E-state index contributed by atoms with van der Waals surface area (Å²) in [7, 11) is 0. The van der Waals surface area contributed by atoms with Gasteiger partial charge in [0.2, 0.25) is 5.70 Å². The first-order valence-corrected chi connectivity index (χ1v) is 17.8. The Bertz CT molecular complexity index is 3200. The highest BCUT2D eigenvalue weighted by Crippen LogP contribution is 2.61. The summed E-state index contributed by atoms with van der Waals surface area (Å²) in [5.41, 5.74) is -12.0. The molecular weight excluding hydrogens is 841 g/mol. The summed E-state index contributed by atoms with van der Waals surface area (Å²) in [6, 6.07) is 21.6. The predicted molar refractivity (Wildman–Crippen MR) is 215 cm³/mol. The van der Waals surface area contributed by atoms with Crippen LogP contribution in [0.3, 0.4) is 0 Å². The van der Waals surface area contributed by atoms with Crippen molar-refractivity contribution in [2.45, 2.75) is 12.4 Å². The Morgan fingerprint density at radius 1 is 0.469 bits per heavy atom. The minimum absolute atomic E-state index is 0.190. The predicted octanol–water partition coefficient (Wildman–Crippen LogP) is 13.6. The van der Waals surface area contributed by atoms with Crippen molar-refractivity contribution in [3.8, 4) is 52.6 Å². The van der Waals surface area contributed by atoms with Crippen LogP contribution in [0.25, 0.3) is 70.4 Å². The number of hydrogen-bond acceptors (Lipinski definition) is 5. The fourth-order valence-corrected chi connectivity index (χ4v) is 7.63. The van der Waals surface area contributed by atoms with E-state index in [0.29, 0.717) is 24.3 Å². The molecule has 302 valence electrons. The Balaban J connectivity index is 1.83. The highest BCUT2D eigenvalue weighted by Gasteiger charge is 2.44. The lowest BCUT2D eigenvalue weighted by Gasteiger charge is -2.24. The molecule has 0 aliphatic heterocycles. The third-order valence-corrected chi connectivity index (χ3v) is 10.2. The molecule has 0 spiro atoms. The molecule has 0 atom stereocenters. The second kappa shape index (κ2) is 15.8. The van der Waals surface area contributed by atoms with E-state index < -0.39 is 102 Å². The van der Waals surface area contributed by atoms with Crippen LogP contribution in [-0.2, 0) is 12.4 Å². The monoisotopic (exact) mass is 854 g/mol. The Labute approximate surface area is 357 Å². The number of rotatable bonds is 4. The van der Waals surface area contributed by atoms with E-state index in [0.717, 1.165) is 60.7 Å². The number of alkyl halides is 6. The number of fused-ring (bicyclic) bond motifs is 2. The summed E-state index contributed by atoms with van der Waals surface area (Å²) >= 11 is 0. The Kier molecular flexibility index (Phi) is 10.5. The summed E-state index contributed by atoms with van der Waals surface area (Å²) in [5.74, 6) is -2.93. The fourth-order valence-electron chi connectivity index (χ4n) is 7.63. The highest BCUT2D eigenvalue weighted by atomic mass is 19.4. The number of benzene rings is 5. The van der Waals surface area contributed by atoms with Gasteiger partial charge >= 0.3 is 12.4 Å². The summed E-state index contributed by atoms with van der Waals surface area (Å²) in [4.78, 5) is 10.00. The molecule has 0 bridgehead atoms. The third-order valence-electron chi connectivity index (χ3n) is 10.2. The molecule has 2 aliphatic carbocycles. The van der Waals surface area contributed by atoms with Crippen molar-refractivity contribution in [1.29, 1.82) is 26.3 Å². The molecule has 2 aliphatic rings. The molecule has 5 aromatic rings. The molecule has 0 unspecified atom stereocenters. The van der Waals surface area contributed by atoms with Crippen molar-refractivity contribution < 1.29 is 35.1 Å². The quantitative estimate of drug-likeness (QED) is 0.101. The maximum Gasteiger partial charge on any atom is 0.416 e. The molecule has 0 N–H and O–H groups in total. The molecule has 5 aromatic carbocycles. The van der Waals surface area contributed by atoms with Crippen molar-refractivity contribution in [3.63, 3.8) is 0 Å². The summed E-state index contributed by atoms with van der Waals surface area (Å²) in [6.07, 6.45) is -9.82. The zero-order valence-corrected chi connectivity index (χ0v) is 31.7. The zero-order valence-electron chi connectivity index (χ0n) is 31.7. The highest BCUT2D eigenvalue weighted by molar-refractivity contribution is 6.25. The zero-order chi connectivity index (χ0) is 46.4. The van der Waals surface area contributed by atoms with Gasteiger partial charge in [-0.25, -0.2) is 23.3 Å². The van der Waals surface area contributed by atoms with E-state index in [4.69, 9.17) is 19.7 Å². The topological polar surface area (TPSA) is 132 Å². The van der Waals surface area contributed by atoms with E-state index in [1.165, 1.54) is 0 Å². The van der Waals surface area contributed by atoms with Crippen molar-refractivity contribution in [2.24, 2.45) is 0 Å². The first-order valence-electron chi connectivity index (χ1n) is 17.8. The lowest BCUT2D eigenvalue weighted by atomic mass is 9.78. The lowest BCUT2D eigenvalue weighted by molar-refractivity contribution is -0.138. The van der Waals surface area contributed by atoms with Gasteiger partial charge in [0.15, 0.2) is 17.2 Å². The van der Waals surface area contributed by atoms with Crippen molar-refractivity contribution in [1.82, 2.24) is 0 Å². The molecule has 0 fully saturated rings. The van der Waals surface area contributed by atoms with Gasteiger partial charge in [-0.05, 0) is 81.4 Å². The first-order chi connectivity index (χ1) is 30.5. The number of allylic oxidation sites excluding steroid dienone is 7. The van der Waals surface area contributed by atoms with E-state index in [1.54, 1.807) is 18.2 Å². The molecule has 16 heteroatoms. The van der Waals surface area contributed by atoms with Gasteiger partial charge in [-0.2, -0.15) is 52.7 Å². The van der Waals surface area contributed by atoms with Gasteiger partial charge < -0.3 is 0 Å². The molecule has 0 saturated carbocycles. The van der Waals surface area contributed by atoms with E-state index in [-0.39, 0.29) is 44.8 Å². The maximum atomic E-state index is 17.5.